The summed E-state index contributed by atoms with van der Waals surface area (Å²) in [6, 6.07) is 3.94. The van der Waals surface area contributed by atoms with Gasteiger partial charge in [0.15, 0.2) is 23.1 Å². The van der Waals surface area contributed by atoms with E-state index in [4.69, 9.17) is 10.3 Å². The summed E-state index contributed by atoms with van der Waals surface area (Å²) in [4.78, 5) is 0. The Hall–Kier alpha value is -2.11. The Kier molecular flexibility index (Phi) is 2.47. The van der Waals surface area contributed by atoms with Gasteiger partial charge in [0, 0.05) is 6.07 Å². The van der Waals surface area contributed by atoms with Gasteiger partial charge in [0.25, 0.3) is 0 Å². The summed E-state index contributed by atoms with van der Waals surface area (Å²) in [5.74, 6) is -2.14. The topological polar surface area (TPSA) is 61.3 Å². The minimum absolute atomic E-state index is 0.0532. The Morgan fingerprint density at radius 2 is 2.06 bits per heavy atom. The zero-order valence-electron chi connectivity index (χ0n) is 8.33. The van der Waals surface area contributed by atoms with E-state index >= 15 is 0 Å². The van der Waals surface area contributed by atoms with Crippen LogP contribution in [0.25, 0.3) is 11.3 Å². The van der Waals surface area contributed by atoms with Crippen molar-refractivity contribution in [2.75, 3.05) is 12.8 Å². The molecule has 1 aromatic carbocycles. The Morgan fingerprint density at radius 1 is 1.31 bits per heavy atom. The summed E-state index contributed by atoms with van der Waals surface area (Å²) in [6.45, 7) is 0. The number of hydrogen-bond acceptors (Lipinski definition) is 4. The Morgan fingerprint density at radius 3 is 2.62 bits per heavy atom. The molecule has 2 rings (SSSR count). The third-order valence-electron chi connectivity index (χ3n) is 2.06. The van der Waals surface area contributed by atoms with Gasteiger partial charge in [-0.2, -0.15) is 4.39 Å². The number of nitrogens with zero attached hydrogens (tertiary/aromatic N) is 1. The largest absolute Gasteiger partial charge is 0.494 e. The van der Waals surface area contributed by atoms with Crippen LogP contribution in [-0.4, -0.2) is 12.3 Å². The van der Waals surface area contributed by atoms with Gasteiger partial charge in [0.1, 0.15) is 0 Å². The highest BCUT2D eigenvalue weighted by molar-refractivity contribution is 5.62. The van der Waals surface area contributed by atoms with E-state index < -0.39 is 11.6 Å². The molecule has 0 spiro atoms. The number of hydrogen-bond donors (Lipinski definition) is 1. The molecule has 84 valence electrons. The second-order valence-electron chi connectivity index (χ2n) is 3.06. The molecule has 0 bridgehead atoms. The molecule has 1 aromatic heterocycles. The molecule has 0 aliphatic carbocycles. The van der Waals surface area contributed by atoms with E-state index in [9.17, 15) is 8.78 Å². The molecule has 0 radical (unpaired) electrons. The predicted octanol–water partition coefficient (Wildman–Crippen LogP) is 2.21. The summed E-state index contributed by atoms with van der Waals surface area (Å²) in [7, 11) is 1.25. The van der Waals surface area contributed by atoms with E-state index in [1.54, 1.807) is 0 Å². The maximum absolute atomic E-state index is 13.6. The average molecular weight is 226 g/mol. The van der Waals surface area contributed by atoms with Crippen LogP contribution in [0, 0.1) is 11.6 Å². The number of rotatable bonds is 2. The molecule has 16 heavy (non-hydrogen) atoms. The van der Waals surface area contributed by atoms with Gasteiger partial charge in [-0.15, -0.1) is 0 Å². The first-order chi connectivity index (χ1) is 7.63. The van der Waals surface area contributed by atoms with Crippen molar-refractivity contribution in [2.24, 2.45) is 0 Å². The van der Waals surface area contributed by atoms with Gasteiger partial charge in [-0.1, -0.05) is 5.16 Å². The van der Waals surface area contributed by atoms with Gasteiger partial charge < -0.3 is 15.0 Å². The van der Waals surface area contributed by atoms with Gasteiger partial charge in [-0.25, -0.2) is 4.39 Å². The van der Waals surface area contributed by atoms with Gasteiger partial charge >= 0.3 is 0 Å². The quantitative estimate of drug-likeness (QED) is 0.852. The highest BCUT2D eigenvalue weighted by atomic mass is 19.2. The maximum atomic E-state index is 13.6. The van der Waals surface area contributed by atoms with Crippen LogP contribution in [0.15, 0.2) is 22.7 Å². The summed E-state index contributed by atoms with van der Waals surface area (Å²) < 4.78 is 36.3. The molecular weight excluding hydrogens is 218 g/mol. The predicted molar refractivity (Wildman–Crippen MR) is 52.8 cm³/mol. The van der Waals surface area contributed by atoms with Crippen molar-refractivity contribution in [2.45, 2.75) is 0 Å². The first kappa shape index (κ1) is 10.4. The van der Waals surface area contributed by atoms with E-state index in [0.717, 1.165) is 0 Å². The fraction of sp³-hybridized carbons (Fsp3) is 0.100. The molecular formula is C10H8F2N2O2. The van der Waals surface area contributed by atoms with E-state index in [0.29, 0.717) is 0 Å². The van der Waals surface area contributed by atoms with Crippen molar-refractivity contribution in [1.29, 1.82) is 0 Å². The van der Waals surface area contributed by atoms with E-state index in [-0.39, 0.29) is 22.9 Å². The first-order valence-corrected chi connectivity index (χ1v) is 4.38. The molecule has 2 aromatic rings. The summed E-state index contributed by atoms with van der Waals surface area (Å²) in [5.41, 5.74) is 5.26. The lowest BCUT2D eigenvalue weighted by Gasteiger charge is -2.04. The lowest BCUT2D eigenvalue weighted by Crippen LogP contribution is -1.94. The van der Waals surface area contributed by atoms with Gasteiger partial charge in [0.05, 0.1) is 12.7 Å². The lowest BCUT2D eigenvalue weighted by atomic mass is 10.1. The van der Waals surface area contributed by atoms with Crippen LogP contribution in [-0.2, 0) is 0 Å². The van der Waals surface area contributed by atoms with E-state index in [2.05, 4.69) is 9.89 Å². The van der Waals surface area contributed by atoms with Crippen LogP contribution < -0.4 is 10.5 Å². The molecule has 0 amide bonds. The van der Waals surface area contributed by atoms with Crippen molar-refractivity contribution in [3.05, 3.63) is 29.8 Å². The molecule has 0 saturated heterocycles. The molecule has 2 N–H and O–H groups in total. The van der Waals surface area contributed by atoms with Gasteiger partial charge in [0.2, 0.25) is 5.82 Å². The average Bonchev–Trinajstić information content (AvgIpc) is 2.69. The van der Waals surface area contributed by atoms with Crippen LogP contribution in [0.5, 0.6) is 5.75 Å². The maximum Gasteiger partial charge on any atom is 0.201 e. The molecule has 4 nitrogen and oxygen atoms in total. The van der Waals surface area contributed by atoms with E-state index in [1.165, 1.54) is 25.3 Å². The third-order valence-corrected chi connectivity index (χ3v) is 2.06. The molecule has 0 aliphatic heterocycles. The van der Waals surface area contributed by atoms with Crippen molar-refractivity contribution in [1.82, 2.24) is 5.16 Å². The molecule has 0 aliphatic rings. The second-order valence-corrected chi connectivity index (χ2v) is 3.06. The van der Waals surface area contributed by atoms with Crippen LogP contribution in [0.3, 0.4) is 0 Å². The van der Waals surface area contributed by atoms with Crippen LogP contribution >= 0.6 is 0 Å². The van der Waals surface area contributed by atoms with Crippen molar-refractivity contribution >= 4 is 5.82 Å². The summed E-state index contributed by atoms with van der Waals surface area (Å²) >= 11 is 0. The summed E-state index contributed by atoms with van der Waals surface area (Å²) in [6.07, 6.45) is 0. The first-order valence-electron chi connectivity index (χ1n) is 4.38. The minimum atomic E-state index is -1.07. The van der Waals surface area contributed by atoms with Crippen molar-refractivity contribution < 1.29 is 18.0 Å². The van der Waals surface area contributed by atoms with Gasteiger partial charge in [-0.05, 0) is 12.1 Å². The second kappa shape index (κ2) is 3.80. The molecule has 1 heterocycles. The molecule has 0 unspecified atom stereocenters. The van der Waals surface area contributed by atoms with Crippen LogP contribution in [0.1, 0.15) is 0 Å². The Labute approximate surface area is 89.6 Å². The lowest BCUT2D eigenvalue weighted by molar-refractivity contribution is 0.371. The minimum Gasteiger partial charge on any atom is -0.494 e. The highest BCUT2D eigenvalue weighted by Gasteiger charge is 2.17. The Balaban J connectivity index is 2.55. The van der Waals surface area contributed by atoms with Gasteiger partial charge in [-0.3, -0.25) is 0 Å². The number of nitrogens with two attached hydrogens (primary N) is 1. The number of aromatic nitrogens is 1. The number of benzene rings is 1. The molecule has 0 fully saturated rings. The fourth-order valence-electron chi connectivity index (χ4n) is 1.30. The van der Waals surface area contributed by atoms with Crippen molar-refractivity contribution in [3.63, 3.8) is 0 Å². The van der Waals surface area contributed by atoms with E-state index in [1.807, 2.05) is 0 Å². The Bertz CT molecular complexity index is 526. The molecule has 0 saturated carbocycles. The summed E-state index contributed by atoms with van der Waals surface area (Å²) in [5, 5.41) is 3.39. The number of methoxy groups -OCH3 is 1. The normalized spacial score (nSPS) is 10.4. The fourth-order valence-corrected chi connectivity index (χ4v) is 1.30. The monoisotopic (exact) mass is 226 g/mol. The number of anilines is 1. The standard InChI is InChI=1S/C10H8F2N2O2/c1-15-6-3-2-5(9(11)10(6)12)7-4-8(13)14-16-7/h2-4H,1H3,(H2,13,14). The zero-order chi connectivity index (χ0) is 11.7. The van der Waals surface area contributed by atoms with Crippen LogP contribution in [0.4, 0.5) is 14.6 Å². The zero-order valence-corrected chi connectivity index (χ0v) is 8.33. The van der Waals surface area contributed by atoms with Crippen molar-refractivity contribution in [3.8, 4) is 17.1 Å². The SMILES string of the molecule is COc1ccc(-c2cc(N)no2)c(F)c1F. The molecule has 0 atom stereocenters. The highest BCUT2D eigenvalue weighted by Crippen LogP contribution is 2.30. The number of nitrogen functional groups attached to an aromatic ring is 1. The number of ether oxygens (including phenoxy) is 1. The van der Waals surface area contributed by atoms with Crippen LogP contribution in [0.2, 0.25) is 0 Å². The number of halogens is 2. The molecule has 6 heteroatoms. The third kappa shape index (κ3) is 1.58. The smallest absolute Gasteiger partial charge is 0.201 e.